The topological polar surface area (TPSA) is 406 Å². The van der Waals surface area contributed by atoms with Gasteiger partial charge < -0.3 is 45.0 Å². The summed E-state index contributed by atoms with van der Waals surface area (Å²) in [5, 5.41) is 10.4. The van der Waals surface area contributed by atoms with Gasteiger partial charge in [-0.3, -0.25) is 18.2 Å². The van der Waals surface area contributed by atoms with E-state index in [1.54, 1.807) is 0 Å². The number of hydrogen-bond acceptors (Lipinski definition) is 25. The first-order chi connectivity index (χ1) is 37.3. The Balaban J connectivity index is 1.04. The quantitative estimate of drug-likeness (QED) is 0.0513. The van der Waals surface area contributed by atoms with Crippen molar-refractivity contribution in [1.29, 1.82) is 0 Å². The molecule has 10 rings (SSSR count). The summed E-state index contributed by atoms with van der Waals surface area (Å²) in [7, 11) is -18.5. The molecule has 0 radical (unpaired) electrons. The SMILES string of the molecule is Cc1ccc(Nc2nc(NC3=C(S(=O)(=O)O)C4Oc5c(c(Cl)c6oc7c(S(=O)(=O)O)/c(=N/c8nc(Nc9ccccc9S(=O)(=O)O)nc(N(C)CCS(=O)(=O)O)n8)ccc-7nc6c5Cl)NC4C=C3)nc(N3CCOCC3)n2)cc1. The lowest BCUT2D eigenvalue weighted by molar-refractivity contribution is 0.122. The maximum Gasteiger partial charge on any atom is 0.300 e. The van der Waals surface area contributed by atoms with Gasteiger partial charge in [-0.2, -0.15) is 63.6 Å². The molecule has 29 nitrogen and oxygen atoms in total. The number of halogens is 2. The van der Waals surface area contributed by atoms with Crippen LogP contribution in [0.1, 0.15) is 5.56 Å². The monoisotopic (exact) mass is 1200 g/mol. The summed E-state index contributed by atoms with van der Waals surface area (Å²) in [4.78, 5) is 35.6. The van der Waals surface area contributed by atoms with Gasteiger partial charge in [0.2, 0.25) is 29.7 Å². The molecule has 5 aliphatic rings. The Hall–Kier alpha value is -7.44. The van der Waals surface area contributed by atoms with Gasteiger partial charge in [0.05, 0.1) is 41.8 Å². The number of anilines is 8. The molecule has 5 heterocycles. The van der Waals surface area contributed by atoms with Gasteiger partial charge in [0.15, 0.2) is 28.1 Å². The van der Waals surface area contributed by atoms with Gasteiger partial charge in [0.25, 0.3) is 36.3 Å². The first-order valence-electron chi connectivity index (χ1n) is 22.9. The highest BCUT2D eigenvalue weighted by molar-refractivity contribution is 7.90. The standard InChI is InChI=1S/C44H40Cl2N14O15S4/c1-21-7-9-22(10-8-21)47-39-53-42(58-44(57-39)60-15-18-73-19-16-60)52-27-14-12-25-34(38(27)79(70,71)72)75-36-30(46)31-35(29(45)32(36)49-25)74-33-24(48-31)11-13-26(37(33)78(67,68)69)51-41-54-40(50-23-5-3-4-6-28(23)77(64,65)66)55-43(56-41)59(2)17-20-76(61,62)63/h3-14,25,34,49H,15-20H2,1-2H3,(H,61,62,63)(H,64,65,66)(H,67,68,69)(H,70,71,72)(H,50,54,55,56)(H2,47,52,53,57,58)/b51-26+. The van der Waals surface area contributed by atoms with Crippen molar-refractivity contribution in [1.82, 2.24) is 34.9 Å². The smallest absolute Gasteiger partial charge is 0.300 e. The zero-order valence-electron chi connectivity index (χ0n) is 40.5. The average molecular weight is 1200 g/mol. The van der Waals surface area contributed by atoms with E-state index < -0.39 is 103 Å². The van der Waals surface area contributed by atoms with Crippen LogP contribution >= 0.6 is 23.2 Å². The van der Waals surface area contributed by atoms with Gasteiger partial charge in [-0.15, -0.1) is 0 Å². The van der Waals surface area contributed by atoms with E-state index in [1.807, 2.05) is 36.1 Å². The van der Waals surface area contributed by atoms with Crippen LogP contribution in [0, 0.1) is 6.92 Å². The van der Waals surface area contributed by atoms with Crippen LogP contribution < -0.4 is 41.2 Å². The molecule has 0 amide bonds. The van der Waals surface area contributed by atoms with E-state index in [0.29, 0.717) is 32.0 Å². The van der Waals surface area contributed by atoms with E-state index in [0.717, 1.165) is 22.6 Å². The highest BCUT2D eigenvalue weighted by atomic mass is 35.5. The predicted molar refractivity (Wildman–Crippen MR) is 285 cm³/mol. The number of rotatable bonds is 15. The minimum absolute atomic E-state index is 0.0961. The fraction of sp³-hybridized carbons (Fsp3) is 0.227. The van der Waals surface area contributed by atoms with Crippen molar-refractivity contribution in [3.8, 4) is 17.2 Å². The molecule has 1 fully saturated rings. The van der Waals surface area contributed by atoms with Crippen molar-refractivity contribution in [2.75, 3.05) is 76.7 Å². The maximum absolute atomic E-state index is 13.4. The zero-order valence-corrected chi connectivity index (χ0v) is 45.2. The second kappa shape index (κ2) is 21.0. The molecule has 3 aromatic carbocycles. The third kappa shape index (κ3) is 11.8. The Labute approximate surface area is 457 Å². The molecule has 414 valence electrons. The number of nitrogens with zero attached hydrogens (tertiary/aromatic N) is 10. The van der Waals surface area contributed by atoms with Crippen LogP contribution in [0.5, 0.6) is 5.75 Å². The fourth-order valence-electron chi connectivity index (χ4n) is 8.26. The summed E-state index contributed by atoms with van der Waals surface area (Å²) in [6.07, 6.45) is 1.27. The summed E-state index contributed by atoms with van der Waals surface area (Å²) >= 11 is 13.9. The van der Waals surface area contributed by atoms with Gasteiger partial charge in [0, 0.05) is 32.4 Å². The van der Waals surface area contributed by atoms with Crippen molar-refractivity contribution in [2.24, 2.45) is 4.99 Å². The molecule has 2 aliphatic carbocycles. The molecule has 5 aromatic rings. The van der Waals surface area contributed by atoms with Crippen molar-refractivity contribution >= 4 is 128 Å². The molecule has 0 spiro atoms. The van der Waals surface area contributed by atoms with Crippen LogP contribution in [-0.2, 0) is 45.2 Å². The van der Waals surface area contributed by atoms with Gasteiger partial charge in [0.1, 0.15) is 36.7 Å². The number of morpholine rings is 1. The molecule has 2 unspecified atom stereocenters. The summed E-state index contributed by atoms with van der Waals surface area (Å²) in [6, 6.07) is 13.6. The molecule has 0 bridgehead atoms. The molecule has 2 atom stereocenters. The lowest BCUT2D eigenvalue weighted by atomic mass is 10.00. The van der Waals surface area contributed by atoms with E-state index in [-0.39, 0.29) is 73.5 Å². The average Bonchev–Trinajstić information content (AvgIpc) is 3.43. The Morgan fingerprint density at radius 3 is 2.16 bits per heavy atom. The molecule has 3 aliphatic heterocycles. The minimum atomic E-state index is -5.37. The van der Waals surface area contributed by atoms with Crippen molar-refractivity contribution in [3.63, 3.8) is 0 Å². The molecule has 1 saturated heterocycles. The van der Waals surface area contributed by atoms with E-state index >= 15 is 0 Å². The Morgan fingerprint density at radius 1 is 0.785 bits per heavy atom. The molecular weight excluding hydrogens is 1160 g/mol. The molecule has 2 aromatic heterocycles. The molecular formula is C44H40Cl2N14O15S4. The van der Waals surface area contributed by atoms with Gasteiger partial charge in [-0.1, -0.05) is 59.1 Å². The maximum atomic E-state index is 13.4. The van der Waals surface area contributed by atoms with Crippen LogP contribution in [-0.4, -0.2) is 145 Å². The van der Waals surface area contributed by atoms with Crippen molar-refractivity contribution in [3.05, 3.63) is 104 Å². The number of hydrogen-bond donors (Lipinski definition) is 8. The number of ether oxygens (including phenoxy) is 2. The van der Waals surface area contributed by atoms with Crippen LogP contribution in [0.2, 0.25) is 10.0 Å². The van der Waals surface area contributed by atoms with Crippen LogP contribution in [0.4, 0.5) is 52.8 Å². The Bertz CT molecular complexity index is 4210. The first-order valence-corrected chi connectivity index (χ1v) is 29.5. The summed E-state index contributed by atoms with van der Waals surface area (Å²) in [5.41, 5.74) is 0.226. The van der Waals surface area contributed by atoms with Crippen molar-refractivity contribution in [2.45, 2.75) is 28.9 Å². The number of aromatic nitrogens is 7. The largest absolute Gasteiger partial charge is 0.478 e. The van der Waals surface area contributed by atoms with E-state index in [1.165, 1.54) is 43.5 Å². The van der Waals surface area contributed by atoms with Crippen LogP contribution in [0.3, 0.4) is 0 Å². The zero-order chi connectivity index (χ0) is 56.3. The van der Waals surface area contributed by atoms with Crippen LogP contribution in [0.25, 0.3) is 22.6 Å². The molecule has 8 N–H and O–H groups in total. The second-order valence-corrected chi connectivity index (χ2v) is 23.9. The summed E-state index contributed by atoms with van der Waals surface area (Å²) < 4.78 is 160. The number of para-hydroxylation sites is 1. The Morgan fingerprint density at radius 2 is 1.48 bits per heavy atom. The first kappa shape index (κ1) is 54.9. The van der Waals surface area contributed by atoms with Gasteiger partial charge >= 0.3 is 10.1 Å². The van der Waals surface area contributed by atoms with E-state index in [2.05, 4.69) is 61.1 Å². The van der Waals surface area contributed by atoms with Gasteiger partial charge in [-0.25, -0.2) is 9.98 Å². The molecule has 35 heteroatoms. The lowest BCUT2D eigenvalue weighted by Crippen LogP contribution is -2.46. The third-order valence-corrected chi connectivity index (χ3v) is 16.2. The highest BCUT2D eigenvalue weighted by Gasteiger charge is 2.43. The summed E-state index contributed by atoms with van der Waals surface area (Å²) in [6.45, 7) is 3.20. The molecule has 0 saturated carbocycles. The summed E-state index contributed by atoms with van der Waals surface area (Å²) in [5.74, 6) is -2.91. The number of fused-ring (bicyclic) bond motifs is 4. The van der Waals surface area contributed by atoms with E-state index in [4.69, 9.17) is 37.1 Å². The number of allylic oxidation sites excluding steroid dienone is 1. The van der Waals surface area contributed by atoms with Gasteiger partial charge in [-0.05, 0) is 49.4 Å². The normalized spacial score (nSPS) is 17.0. The second-order valence-electron chi connectivity index (χ2n) is 17.5. The fourth-order valence-corrected chi connectivity index (χ4v) is 11.6. The highest BCUT2D eigenvalue weighted by Crippen LogP contribution is 2.51. The lowest BCUT2D eigenvalue weighted by Gasteiger charge is -2.37. The number of aryl methyl sites for hydroxylation is 1. The minimum Gasteiger partial charge on any atom is -0.478 e. The number of benzene rings is 4. The Kier molecular flexibility index (Phi) is 14.6. The number of nitrogens with one attached hydrogen (secondary N) is 4. The van der Waals surface area contributed by atoms with Crippen LogP contribution in [0.15, 0.2) is 103 Å². The van der Waals surface area contributed by atoms with E-state index in [9.17, 15) is 51.9 Å². The predicted octanol–water partition coefficient (Wildman–Crippen LogP) is 4.61. The third-order valence-electron chi connectivity index (χ3n) is 11.9. The van der Waals surface area contributed by atoms with Crippen molar-refractivity contribution < 1.29 is 65.8 Å². The molecule has 79 heavy (non-hydrogen) atoms.